The lowest BCUT2D eigenvalue weighted by molar-refractivity contribution is -0.181. The topological polar surface area (TPSA) is 300 Å². The average molecular weight is 1200 g/mol. The second-order valence-corrected chi connectivity index (χ2v) is 19.0. The highest BCUT2D eigenvalue weighted by molar-refractivity contribution is 7.85. The third kappa shape index (κ3) is 26.4. The van der Waals surface area contributed by atoms with Crippen molar-refractivity contribution in [2.24, 2.45) is 10.7 Å². The summed E-state index contributed by atoms with van der Waals surface area (Å²) >= 11 is 0. The molecular formula is C52H75F4N5O20S. The number of alkyl carbamates (subject to hydrolysis) is 1. The number of aliphatic imine (C=N–C) groups is 1. The van der Waals surface area contributed by atoms with Gasteiger partial charge in [0.2, 0.25) is 17.4 Å². The second-order valence-electron chi connectivity index (χ2n) is 17.6. The van der Waals surface area contributed by atoms with Crippen LogP contribution in [0.5, 0.6) is 5.75 Å². The molecule has 0 aromatic heterocycles. The highest BCUT2D eigenvalue weighted by atomic mass is 32.2. The molecule has 0 saturated carbocycles. The number of ether oxygens (including phenoxy) is 12. The summed E-state index contributed by atoms with van der Waals surface area (Å²) in [5, 5.41) is 3.84. The highest BCUT2D eigenvalue weighted by Gasteiger charge is 2.34. The molecule has 0 bridgehead atoms. The van der Waals surface area contributed by atoms with Crippen LogP contribution in [-0.2, 0) is 76.7 Å². The van der Waals surface area contributed by atoms with E-state index in [4.69, 9.17) is 67.2 Å². The first-order valence-corrected chi connectivity index (χ1v) is 28.2. The molecule has 3 amide bonds. The zero-order chi connectivity index (χ0) is 59.4. The van der Waals surface area contributed by atoms with Gasteiger partial charge < -0.3 is 72.8 Å². The molecule has 4 N–H and O–H groups in total. The van der Waals surface area contributed by atoms with Gasteiger partial charge in [0.25, 0.3) is 11.8 Å². The van der Waals surface area contributed by atoms with Crippen LogP contribution < -0.4 is 15.8 Å². The van der Waals surface area contributed by atoms with Crippen molar-refractivity contribution in [3.63, 3.8) is 0 Å². The predicted molar refractivity (Wildman–Crippen MR) is 282 cm³/mol. The number of fused-ring (bicyclic) bond motifs is 1. The molecule has 2 aromatic rings. The Hall–Kier alpha value is -5.48. The molecule has 2 aliphatic heterocycles. The van der Waals surface area contributed by atoms with E-state index in [-0.39, 0.29) is 83.5 Å². The van der Waals surface area contributed by atoms with E-state index in [1.165, 1.54) is 5.06 Å². The van der Waals surface area contributed by atoms with Crippen LogP contribution in [0.25, 0.3) is 6.08 Å². The van der Waals surface area contributed by atoms with Crippen molar-refractivity contribution in [1.82, 2.24) is 15.3 Å². The SMILES string of the molecule is CCCN(OCCNC(=O)OCCOCCOCCOCCOCCOCCOCCOCCOCCOCCOCCC(=O)Oc1c(F)c(F)c(S(=O)(=O)O)c(F)c1F)C(=O)C1=Cc2ccc(C(=O)N3CCCCC3)cc2N=C(N)C1. The molecule has 2 heterocycles. The van der Waals surface area contributed by atoms with Gasteiger partial charge in [-0.1, -0.05) is 13.0 Å². The Kier molecular flexibility index (Phi) is 33.6. The molecule has 1 saturated heterocycles. The number of amidine groups is 1. The van der Waals surface area contributed by atoms with Crippen molar-refractivity contribution in [3.05, 3.63) is 58.2 Å². The Labute approximate surface area is 473 Å². The number of rotatable bonds is 43. The summed E-state index contributed by atoms with van der Waals surface area (Å²) in [6, 6.07) is 5.24. The predicted octanol–water partition coefficient (Wildman–Crippen LogP) is 3.95. The van der Waals surface area contributed by atoms with E-state index in [1.54, 1.807) is 24.3 Å². The van der Waals surface area contributed by atoms with Gasteiger partial charge in [-0.2, -0.15) is 17.2 Å². The largest absolute Gasteiger partial charge is 0.447 e. The molecular weight excluding hydrogens is 1120 g/mol. The fourth-order valence-corrected chi connectivity index (χ4v) is 8.02. The summed E-state index contributed by atoms with van der Waals surface area (Å²) in [6.07, 6.45) is 4.28. The molecule has 0 radical (unpaired) electrons. The van der Waals surface area contributed by atoms with Gasteiger partial charge in [0.15, 0.2) is 16.5 Å². The zero-order valence-electron chi connectivity index (χ0n) is 46.0. The molecule has 82 heavy (non-hydrogen) atoms. The highest BCUT2D eigenvalue weighted by Crippen LogP contribution is 2.33. The standard InChI is InChI=1S/C52H75F4N5O20S/c1-2-10-61(51(64)40-35-38-6-7-39(36-41(38)59-42(57)37-40)50(63)60-11-4-3-5-12-60)80-14-9-58-52(65)79-34-33-78-32-31-77-30-29-76-28-27-75-26-25-74-24-23-73-22-21-72-20-19-71-18-17-70-16-15-69-13-8-43(62)81-48-44(53)46(55)49(82(66,67)68)47(56)45(48)54/h6-7,35-36H,2-5,8-34,37H2,1H3,(H2,57,59)(H,58,65)(H,66,67,68). The van der Waals surface area contributed by atoms with Crippen LogP contribution in [0, 0.1) is 23.3 Å². The smallest absolute Gasteiger partial charge is 0.407 e. The van der Waals surface area contributed by atoms with Gasteiger partial charge in [-0.15, -0.1) is 0 Å². The quantitative estimate of drug-likeness (QED) is 0.0161. The second kappa shape index (κ2) is 39.9. The Morgan fingerprint density at radius 3 is 1.59 bits per heavy atom. The van der Waals surface area contributed by atoms with Gasteiger partial charge >= 0.3 is 22.2 Å². The number of piperidine rings is 1. The van der Waals surface area contributed by atoms with Crippen molar-refractivity contribution >= 4 is 51.6 Å². The van der Waals surface area contributed by atoms with Gasteiger partial charge in [-0.05, 0) is 43.9 Å². The molecule has 0 spiro atoms. The lowest BCUT2D eigenvalue weighted by Crippen LogP contribution is -2.37. The molecule has 25 nitrogen and oxygen atoms in total. The number of likely N-dealkylation sites (tertiary alicyclic amines) is 1. The molecule has 0 atom stereocenters. The summed E-state index contributed by atoms with van der Waals surface area (Å²) in [5.41, 5.74) is 8.33. The first kappa shape index (κ1) is 69.0. The van der Waals surface area contributed by atoms with Crippen LogP contribution in [0.15, 0.2) is 33.7 Å². The van der Waals surface area contributed by atoms with Crippen LogP contribution in [0.1, 0.15) is 61.4 Å². The van der Waals surface area contributed by atoms with E-state index in [0.29, 0.717) is 128 Å². The number of hydroxylamine groups is 2. The number of nitrogens with zero attached hydrogens (tertiary/aromatic N) is 3. The fraction of sp³-hybridized carbons (Fsp3) is 0.635. The summed E-state index contributed by atoms with van der Waals surface area (Å²) in [6.45, 7) is 9.27. The molecule has 1 fully saturated rings. The van der Waals surface area contributed by atoms with Crippen LogP contribution in [0.4, 0.5) is 28.0 Å². The summed E-state index contributed by atoms with van der Waals surface area (Å²) in [4.78, 5) is 60.5. The van der Waals surface area contributed by atoms with Gasteiger partial charge in [0.1, 0.15) is 12.4 Å². The first-order chi connectivity index (χ1) is 39.6. The van der Waals surface area contributed by atoms with E-state index in [9.17, 15) is 45.2 Å². The van der Waals surface area contributed by atoms with Crippen molar-refractivity contribution in [3.8, 4) is 5.75 Å². The Morgan fingerprint density at radius 2 is 1.12 bits per heavy atom. The molecule has 30 heteroatoms. The van der Waals surface area contributed by atoms with E-state index < -0.39 is 62.5 Å². The minimum absolute atomic E-state index is 0.0113. The number of hydrogen-bond acceptors (Lipinski definition) is 21. The molecule has 2 aliphatic rings. The lowest BCUT2D eigenvalue weighted by Gasteiger charge is -2.26. The number of benzene rings is 2. The van der Waals surface area contributed by atoms with Crippen molar-refractivity contribution in [2.75, 3.05) is 172 Å². The van der Waals surface area contributed by atoms with Crippen LogP contribution in [-0.4, -0.2) is 224 Å². The van der Waals surface area contributed by atoms with E-state index in [1.807, 2.05) is 11.8 Å². The summed E-state index contributed by atoms with van der Waals surface area (Å²) in [5.74, 6) is -12.9. The van der Waals surface area contributed by atoms with Gasteiger partial charge in [-0.3, -0.25) is 23.8 Å². The van der Waals surface area contributed by atoms with Gasteiger partial charge in [0, 0.05) is 49.3 Å². The van der Waals surface area contributed by atoms with Crippen molar-refractivity contribution in [1.29, 1.82) is 0 Å². The molecule has 0 unspecified atom stereocenters. The first-order valence-electron chi connectivity index (χ1n) is 26.8. The van der Waals surface area contributed by atoms with Gasteiger partial charge in [-0.25, -0.2) is 23.6 Å². The maximum absolute atomic E-state index is 14.0. The third-order valence-corrected chi connectivity index (χ3v) is 12.2. The van der Waals surface area contributed by atoms with Crippen LogP contribution >= 0.6 is 0 Å². The Bertz CT molecular complexity index is 2430. The van der Waals surface area contributed by atoms with Crippen molar-refractivity contribution in [2.45, 2.75) is 50.3 Å². The molecule has 2 aromatic carbocycles. The van der Waals surface area contributed by atoms with Crippen LogP contribution in [0.3, 0.4) is 0 Å². The molecule has 0 aliphatic carbocycles. The van der Waals surface area contributed by atoms with E-state index >= 15 is 0 Å². The third-order valence-electron chi connectivity index (χ3n) is 11.3. The number of carbonyl (C=O) groups is 4. The number of nitrogens with one attached hydrogen (secondary N) is 1. The molecule has 4 rings (SSSR count). The minimum atomic E-state index is -5.65. The minimum Gasteiger partial charge on any atom is -0.447 e. The fourth-order valence-electron chi connectivity index (χ4n) is 7.39. The normalized spacial score (nSPS) is 13.5. The Balaban J connectivity index is 0.845. The number of halogens is 4. The summed E-state index contributed by atoms with van der Waals surface area (Å²) in [7, 11) is -5.65. The van der Waals surface area contributed by atoms with E-state index in [2.05, 4.69) is 15.0 Å². The number of esters is 1. The number of amides is 3. The van der Waals surface area contributed by atoms with Crippen LogP contribution in [0.2, 0.25) is 0 Å². The maximum Gasteiger partial charge on any atom is 0.407 e. The van der Waals surface area contributed by atoms with Crippen molar-refractivity contribution < 1.29 is 111 Å². The van der Waals surface area contributed by atoms with E-state index in [0.717, 1.165) is 32.4 Å². The maximum atomic E-state index is 14.0. The van der Waals surface area contributed by atoms with Gasteiger partial charge in [0.05, 0.1) is 151 Å². The number of hydrogen-bond donors (Lipinski definition) is 3. The Morgan fingerprint density at radius 1 is 0.659 bits per heavy atom. The summed E-state index contributed by atoms with van der Waals surface area (Å²) < 4.78 is 150. The zero-order valence-corrected chi connectivity index (χ0v) is 46.8. The lowest BCUT2D eigenvalue weighted by atomic mass is 10.0. The number of carbonyl (C=O) groups excluding carboxylic acids is 4. The number of nitrogens with two attached hydrogens (primary N) is 1. The molecule has 462 valence electrons. The average Bonchev–Trinajstić information content (AvgIpc) is 3.77. The monoisotopic (exact) mass is 1200 g/mol.